The van der Waals surface area contributed by atoms with Gasteiger partial charge < -0.3 is 15.5 Å². The number of rotatable bonds is 5. The van der Waals surface area contributed by atoms with Gasteiger partial charge in [0.1, 0.15) is 5.01 Å². The summed E-state index contributed by atoms with van der Waals surface area (Å²) in [6.07, 6.45) is 1.72. The van der Waals surface area contributed by atoms with Crippen LogP contribution in [0.25, 0.3) is 10.6 Å². The van der Waals surface area contributed by atoms with E-state index in [0.717, 1.165) is 21.1 Å². The van der Waals surface area contributed by atoms with E-state index in [9.17, 15) is 18.0 Å². The van der Waals surface area contributed by atoms with Gasteiger partial charge in [-0.25, -0.2) is 13.4 Å². The molecule has 0 atom stereocenters. The largest absolute Gasteiger partial charge is 0.378 e. The summed E-state index contributed by atoms with van der Waals surface area (Å²) in [5.74, 6) is -0.933. The van der Waals surface area contributed by atoms with Crippen molar-refractivity contribution in [3.05, 3.63) is 88.9 Å². The molecule has 0 fully saturated rings. The van der Waals surface area contributed by atoms with E-state index in [2.05, 4.69) is 15.6 Å². The summed E-state index contributed by atoms with van der Waals surface area (Å²) in [7, 11) is 0.0385. The van der Waals surface area contributed by atoms with Gasteiger partial charge in [0.05, 0.1) is 27.6 Å². The van der Waals surface area contributed by atoms with Gasteiger partial charge in [0.2, 0.25) is 9.84 Å². The predicted octanol–water partition coefficient (Wildman–Crippen LogP) is 4.20. The smallest absolute Gasteiger partial charge is 0.257 e. The van der Waals surface area contributed by atoms with Crippen molar-refractivity contribution in [1.82, 2.24) is 10.3 Å². The molecule has 0 spiro atoms. The van der Waals surface area contributed by atoms with Crippen LogP contribution in [-0.2, 0) is 16.4 Å². The van der Waals surface area contributed by atoms with Gasteiger partial charge in [-0.1, -0.05) is 12.1 Å². The van der Waals surface area contributed by atoms with E-state index in [1.165, 1.54) is 41.7 Å². The molecular weight excluding hydrogens is 496 g/mol. The minimum absolute atomic E-state index is 0.0512. The molecule has 3 aromatic carbocycles. The Morgan fingerprint density at radius 2 is 1.78 bits per heavy atom. The second kappa shape index (κ2) is 9.21. The predicted molar refractivity (Wildman–Crippen MR) is 139 cm³/mol. The van der Waals surface area contributed by atoms with E-state index in [4.69, 9.17) is 0 Å². The molecule has 1 aliphatic rings. The Bertz CT molecular complexity index is 1590. The van der Waals surface area contributed by atoms with Crippen LogP contribution in [-0.4, -0.2) is 39.3 Å². The summed E-state index contributed by atoms with van der Waals surface area (Å²) in [6.45, 7) is 0.263. The third-order valence-corrected chi connectivity index (χ3v) is 8.72. The van der Waals surface area contributed by atoms with Crippen molar-refractivity contribution < 1.29 is 18.0 Å². The highest BCUT2D eigenvalue weighted by molar-refractivity contribution is 7.91. The molecule has 0 unspecified atom stereocenters. The standard InChI is InChI=1S/C26H22N4O4S2/c1-30(2)18-10-7-16(8-11-18)26-28-15-19(35-26)14-27-24(31)17-9-12-23-21(13-17)29-25(32)20-5-3-4-6-22(20)36(23,33)34/h3-13,15H,14H2,1-2H3,(H,27,31)(H,29,32). The van der Waals surface area contributed by atoms with Crippen molar-refractivity contribution >= 4 is 44.4 Å². The van der Waals surface area contributed by atoms with Crippen LogP contribution in [0, 0.1) is 0 Å². The highest BCUT2D eigenvalue weighted by atomic mass is 32.2. The van der Waals surface area contributed by atoms with Crippen molar-refractivity contribution in [2.45, 2.75) is 16.3 Å². The van der Waals surface area contributed by atoms with Crippen LogP contribution in [0.4, 0.5) is 11.4 Å². The molecule has 0 aliphatic carbocycles. The third-order valence-electron chi connectivity index (χ3n) is 5.81. The summed E-state index contributed by atoms with van der Waals surface area (Å²) in [4.78, 5) is 32.7. The molecule has 1 aromatic heterocycles. The SMILES string of the molecule is CN(C)c1ccc(-c2ncc(CNC(=O)c3ccc4c(c3)NC(=O)c3ccccc3S4(=O)=O)s2)cc1. The Labute approximate surface area is 212 Å². The number of aromatic nitrogens is 1. The van der Waals surface area contributed by atoms with Crippen LogP contribution in [0.3, 0.4) is 0 Å². The Kier molecular flexibility index (Phi) is 6.07. The minimum atomic E-state index is -3.92. The fourth-order valence-corrected chi connectivity index (χ4v) is 6.34. The maximum absolute atomic E-state index is 13.1. The number of amides is 2. The normalized spacial score (nSPS) is 13.7. The van der Waals surface area contributed by atoms with E-state index >= 15 is 0 Å². The molecule has 0 bridgehead atoms. The molecule has 2 heterocycles. The molecule has 4 aromatic rings. The summed E-state index contributed by atoms with van der Waals surface area (Å²) in [5, 5.41) is 6.31. The van der Waals surface area contributed by atoms with Gasteiger partial charge in [-0.05, 0) is 54.6 Å². The lowest BCUT2D eigenvalue weighted by atomic mass is 10.1. The van der Waals surface area contributed by atoms with E-state index in [1.54, 1.807) is 18.3 Å². The number of anilines is 2. The van der Waals surface area contributed by atoms with E-state index in [1.807, 2.05) is 43.3 Å². The number of carbonyl (C=O) groups excluding carboxylic acids is 2. The Balaban J connectivity index is 1.32. The number of hydrogen-bond donors (Lipinski definition) is 2. The van der Waals surface area contributed by atoms with Crippen LogP contribution in [0.15, 0.2) is 82.7 Å². The average Bonchev–Trinajstić information content (AvgIpc) is 3.33. The molecule has 8 nitrogen and oxygen atoms in total. The lowest BCUT2D eigenvalue weighted by Gasteiger charge is -2.12. The number of benzene rings is 3. The first-order valence-electron chi connectivity index (χ1n) is 11.0. The monoisotopic (exact) mass is 518 g/mol. The maximum atomic E-state index is 13.1. The second-order valence-corrected chi connectivity index (χ2v) is 11.4. The Hall–Kier alpha value is -4.02. The van der Waals surface area contributed by atoms with Gasteiger partial charge in [0, 0.05) is 42.0 Å². The lowest BCUT2D eigenvalue weighted by molar-refractivity contribution is 0.0949. The zero-order valence-corrected chi connectivity index (χ0v) is 21.1. The molecule has 5 rings (SSSR count). The number of nitrogens with zero attached hydrogens (tertiary/aromatic N) is 2. The van der Waals surface area contributed by atoms with Crippen LogP contribution in [0.1, 0.15) is 25.6 Å². The summed E-state index contributed by atoms with van der Waals surface area (Å²) in [5.41, 5.74) is 2.46. The van der Waals surface area contributed by atoms with Crippen LogP contribution < -0.4 is 15.5 Å². The zero-order valence-electron chi connectivity index (χ0n) is 19.5. The fraction of sp³-hybridized carbons (Fsp3) is 0.115. The highest BCUT2D eigenvalue weighted by Crippen LogP contribution is 2.34. The maximum Gasteiger partial charge on any atom is 0.257 e. The third kappa shape index (κ3) is 4.36. The van der Waals surface area contributed by atoms with Crippen LogP contribution in [0.5, 0.6) is 0 Å². The van der Waals surface area contributed by atoms with E-state index < -0.39 is 21.7 Å². The molecule has 182 valence electrons. The number of fused-ring (bicyclic) bond motifs is 2. The number of carbonyl (C=O) groups is 2. The van der Waals surface area contributed by atoms with Gasteiger partial charge in [-0.3, -0.25) is 9.59 Å². The number of thiazole rings is 1. The molecule has 0 saturated heterocycles. The number of hydrogen-bond acceptors (Lipinski definition) is 7. The van der Waals surface area contributed by atoms with Crippen molar-refractivity contribution in [2.75, 3.05) is 24.3 Å². The summed E-state index contributed by atoms with van der Waals surface area (Å²) in [6, 6.07) is 18.3. The van der Waals surface area contributed by atoms with Gasteiger partial charge in [-0.2, -0.15) is 0 Å². The van der Waals surface area contributed by atoms with E-state index in [0.29, 0.717) is 0 Å². The molecular formula is C26H22N4O4S2. The number of sulfone groups is 1. The minimum Gasteiger partial charge on any atom is -0.378 e. The number of nitrogens with one attached hydrogen (secondary N) is 2. The molecule has 10 heteroatoms. The second-order valence-electron chi connectivity index (χ2n) is 8.42. The summed E-state index contributed by atoms with van der Waals surface area (Å²) < 4.78 is 26.2. The van der Waals surface area contributed by atoms with Crippen molar-refractivity contribution in [1.29, 1.82) is 0 Å². The Morgan fingerprint density at radius 3 is 2.53 bits per heavy atom. The quantitative estimate of drug-likeness (QED) is 0.410. The zero-order chi connectivity index (χ0) is 25.4. The van der Waals surface area contributed by atoms with Crippen molar-refractivity contribution in [3.63, 3.8) is 0 Å². The van der Waals surface area contributed by atoms with Gasteiger partial charge in [0.25, 0.3) is 11.8 Å². The molecule has 1 aliphatic heterocycles. The molecule has 0 saturated carbocycles. The van der Waals surface area contributed by atoms with Crippen LogP contribution >= 0.6 is 11.3 Å². The first-order valence-corrected chi connectivity index (χ1v) is 13.3. The Morgan fingerprint density at radius 1 is 1.03 bits per heavy atom. The van der Waals surface area contributed by atoms with Crippen molar-refractivity contribution in [2.24, 2.45) is 0 Å². The van der Waals surface area contributed by atoms with E-state index in [-0.39, 0.29) is 33.2 Å². The molecule has 2 amide bonds. The molecule has 2 N–H and O–H groups in total. The van der Waals surface area contributed by atoms with Crippen molar-refractivity contribution in [3.8, 4) is 10.6 Å². The van der Waals surface area contributed by atoms with Gasteiger partial charge >= 0.3 is 0 Å². The van der Waals surface area contributed by atoms with Crippen LogP contribution in [0.2, 0.25) is 0 Å². The lowest BCUT2D eigenvalue weighted by Crippen LogP contribution is -2.22. The van der Waals surface area contributed by atoms with Gasteiger partial charge in [0.15, 0.2) is 0 Å². The summed E-state index contributed by atoms with van der Waals surface area (Å²) >= 11 is 1.48. The first-order chi connectivity index (χ1) is 17.2. The average molecular weight is 519 g/mol. The molecule has 36 heavy (non-hydrogen) atoms. The first kappa shape index (κ1) is 23.7. The fourth-order valence-electron chi connectivity index (χ4n) is 3.89. The highest BCUT2D eigenvalue weighted by Gasteiger charge is 2.31. The molecule has 0 radical (unpaired) electrons. The topological polar surface area (TPSA) is 108 Å². The van der Waals surface area contributed by atoms with Gasteiger partial charge in [-0.15, -0.1) is 11.3 Å².